The minimum absolute atomic E-state index is 0.0303. The third-order valence-corrected chi connectivity index (χ3v) is 3.89. The van der Waals surface area contributed by atoms with E-state index in [1.165, 1.54) is 7.11 Å². The highest BCUT2D eigenvalue weighted by Crippen LogP contribution is 2.26. The average Bonchev–Trinajstić information content (AvgIpc) is 2.59. The predicted octanol–water partition coefficient (Wildman–Crippen LogP) is 4.08. The number of carbonyl (C=O) groups is 2. The largest absolute Gasteiger partial charge is 0.467 e. The van der Waals surface area contributed by atoms with Crippen molar-refractivity contribution in [1.82, 2.24) is 5.32 Å². The van der Waals surface area contributed by atoms with Gasteiger partial charge in [-0.2, -0.15) is 0 Å². The molecule has 1 unspecified atom stereocenters. The molecule has 1 N–H and O–H groups in total. The van der Waals surface area contributed by atoms with Crippen molar-refractivity contribution in [2.75, 3.05) is 13.7 Å². The van der Waals surface area contributed by atoms with Gasteiger partial charge in [0.2, 0.25) is 5.88 Å². The van der Waals surface area contributed by atoms with Crippen molar-refractivity contribution in [2.24, 2.45) is 5.41 Å². The Bertz CT molecular complexity index is 667. The van der Waals surface area contributed by atoms with Crippen LogP contribution in [0.3, 0.4) is 0 Å². The third-order valence-electron chi connectivity index (χ3n) is 3.58. The van der Waals surface area contributed by atoms with E-state index in [2.05, 4.69) is 26.1 Å². The normalized spacial score (nSPS) is 12.9. The van der Waals surface area contributed by atoms with E-state index < -0.39 is 18.0 Å². The summed E-state index contributed by atoms with van der Waals surface area (Å²) in [7, 11) is 1.32. The minimum atomic E-state index is -0.683. The van der Waals surface area contributed by atoms with Gasteiger partial charge in [-0.1, -0.05) is 44.5 Å². The lowest BCUT2D eigenvalue weighted by Gasteiger charge is -2.24. The Balaban J connectivity index is 3.05. The van der Waals surface area contributed by atoms with Crippen LogP contribution in [0.2, 0.25) is 5.02 Å². The topological polar surface area (TPSA) is 73.9 Å². The second-order valence-electron chi connectivity index (χ2n) is 7.11. The molecule has 27 heavy (non-hydrogen) atoms. The standard InChI is InChI=1S/C20H28ClNO5/c1-6-26-18(23)13-17(27-16-10-8-7-9-14(16)21)22-15(19(24)25-5)11-12-20(2,3)4/h7-10,13,15,22H,6,11-12H2,1-5H3/b17-13-. The lowest BCUT2D eigenvalue weighted by atomic mass is 9.88. The molecule has 0 bridgehead atoms. The maximum Gasteiger partial charge on any atom is 0.336 e. The zero-order chi connectivity index (χ0) is 20.4. The number of esters is 2. The van der Waals surface area contributed by atoms with Crippen LogP contribution in [-0.2, 0) is 19.1 Å². The molecular weight excluding hydrogens is 370 g/mol. The summed E-state index contributed by atoms with van der Waals surface area (Å²) in [4.78, 5) is 24.1. The molecule has 1 aromatic rings. The van der Waals surface area contributed by atoms with Gasteiger partial charge in [0.05, 0.1) is 24.8 Å². The van der Waals surface area contributed by atoms with Crippen LogP contribution in [0.5, 0.6) is 5.75 Å². The lowest BCUT2D eigenvalue weighted by Crippen LogP contribution is -2.39. The maximum absolute atomic E-state index is 12.2. The van der Waals surface area contributed by atoms with Crippen LogP contribution in [0.15, 0.2) is 36.2 Å². The van der Waals surface area contributed by atoms with Crippen LogP contribution in [0.1, 0.15) is 40.5 Å². The molecular formula is C20H28ClNO5. The Labute approximate surface area is 165 Å². The molecule has 0 fully saturated rings. The second kappa shape index (κ2) is 10.8. The first-order chi connectivity index (χ1) is 12.7. The van der Waals surface area contributed by atoms with Gasteiger partial charge in [-0.05, 0) is 37.3 Å². The van der Waals surface area contributed by atoms with Gasteiger partial charge in [-0.15, -0.1) is 0 Å². The first-order valence-electron chi connectivity index (χ1n) is 8.81. The van der Waals surface area contributed by atoms with Crippen LogP contribution < -0.4 is 10.1 Å². The lowest BCUT2D eigenvalue weighted by molar-refractivity contribution is -0.143. The van der Waals surface area contributed by atoms with E-state index in [0.717, 1.165) is 12.5 Å². The fourth-order valence-electron chi connectivity index (χ4n) is 2.18. The van der Waals surface area contributed by atoms with Gasteiger partial charge in [-0.25, -0.2) is 9.59 Å². The number of carbonyl (C=O) groups excluding carboxylic acids is 2. The van der Waals surface area contributed by atoms with E-state index in [0.29, 0.717) is 17.2 Å². The van der Waals surface area contributed by atoms with E-state index in [1.807, 2.05) is 0 Å². The molecule has 0 saturated heterocycles. The summed E-state index contributed by atoms with van der Waals surface area (Å²) in [5.74, 6) is -0.629. The molecule has 1 atom stereocenters. The van der Waals surface area contributed by atoms with Crippen molar-refractivity contribution in [3.8, 4) is 5.75 Å². The Kier molecular flexibility index (Phi) is 9.15. The molecule has 0 heterocycles. The molecule has 0 aromatic heterocycles. The Hall–Kier alpha value is -2.21. The number of hydrogen-bond donors (Lipinski definition) is 1. The smallest absolute Gasteiger partial charge is 0.336 e. The highest BCUT2D eigenvalue weighted by Gasteiger charge is 2.24. The number of ether oxygens (including phenoxy) is 3. The summed E-state index contributed by atoms with van der Waals surface area (Å²) in [6, 6.07) is 6.15. The summed E-state index contributed by atoms with van der Waals surface area (Å²) in [6.45, 7) is 8.17. The molecule has 0 spiro atoms. The SMILES string of the molecule is CCOC(=O)/C=C(/NC(CCC(C)(C)C)C(=O)OC)Oc1ccccc1Cl. The fourth-order valence-corrected chi connectivity index (χ4v) is 2.35. The molecule has 150 valence electrons. The molecule has 6 nitrogen and oxygen atoms in total. The summed E-state index contributed by atoms with van der Waals surface area (Å²) in [5.41, 5.74) is 0.0303. The quantitative estimate of drug-likeness (QED) is 0.384. The van der Waals surface area contributed by atoms with Gasteiger partial charge in [0.15, 0.2) is 0 Å². The minimum Gasteiger partial charge on any atom is -0.467 e. The van der Waals surface area contributed by atoms with Crippen molar-refractivity contribution >= 4 is 23.5 Å². The molecule has 0 saturated carbocycles. The summed E-state index contributed by atoms with van der Waals surface area (Å²) in [5, 5.41) is 3.32. The van der Waals surface area contributed by atoms with Crippen LogP contribution in [0, 0.1) is 5.41 Å². The second-order valence-corrected chi connectivity index (χ2v) is 7.52. The number of nitrogens with one attached hydrogen (secondary N) is 1. The molecule has 0 aliphatic rings. The van der Waals surface area contributed by atoms with Crippen LogP contribution in [-0.4, -0.2) is 31.7 Å². The van der Waals surface area contributed by atoms with Crippen molar-refractivity contribution in [2.45, 2.75) is 46.6 Å². The molecule has 1 aromatic carbocycles. The predicted molar refractivity (Wildman–Crippen MR) is 104 cm³/mol. The Morgan fingerprint density at radius 2 is 1.93 bits per heavy atom. The molecule has 0 amide bonds. The number of rotatable bonds is 9. The highest BCUT2D eigenvalue weighted by molar-refractivity contribution is 6.32. The molecule has 0 aliphatic carbocycles. The molecule has 7 heteroatoms. The van der Waals surface area contributed by atoms with Crippen LogP contribution >= 0.6 is 11.6 Å². The summed E-state index contributed by atoms with van der Waals surface area (Å²) in [6.07, 6.45) is 2.42. The molecule has 0 aliphatic heterocycles. The van der Waals surface area contributed by atoms with E-state index in [4.69, 9.17) is 25.8 Å². The third kappa shape index (κ3) is 8.82. The van der Waals surface area contributed by atoms with Gasteiger partial charge in [0.25, 0.3) is 0 Å². The van der Waals surface area contributed by atoms with E-state index in [9.17, 15) is 9.59 Å². The summed E-state index contributed by atoms with van der Waals surface area (Å²) >= 11 is 6.13. The monoisotopic (exact) mass is 397 g/mol. The number of para-hydroxylation sites is 1. The highest BCUT2D eigenvalue weighted by atomic mass is 35.5. The zero-order valence-corrected chi connectivity index (χ0v) is 17.3. The number of methoxy groups -OCH3 is 1. The van der Waals surface area contributed by atoms with Crippen LogP contribution in [0.4, 0.5) is 0 Å². The van der Waals surface area contributed by atoms with Gasteiger partial charge in [-0.3, -0.25) is 0 Å². The van der Waals surface area contributed by atoms with Gasteiger partial charge >= 0.3 is 11.9 Å². The number of hydrogen-bond acceptors (Lipinski definition) is 6. The zero-order valence-electron chi connectivity index (χ0n) is 16.5. The summed E-state index contributed by atoms with van der Waals surface area (Å²) < 4.78 is 15.5. The van der Waals surface area contributed by atoms with Crippen molar-refractivity contribution < 1.29 is 23.8 Å². The van der Waals surface area contributed by atoms with Gasteiger partial charge in [0, 0.05) is 0 Å². The molecule has 1 rings (SSSR count). The Morgan fingerprint density at radius 3 is 2.48 bits per heavy atom. The van der Waals surface area contributed by atoms with Gasteiger partial charge in [0.1, 0.15) is 11.8 Å². The van der Waals surface area contributed by atoms with E-state index in [-0.39, 0.29) is 17.9 Å². The number of halogens is 1. The van der Waals surface area contributed by atoms with E-state index in [1.54, 1.807) is 31.2 Å². The van der Waals surface area contributed by atoms with Gasteiger partial charge < -0.3 is 19.5 Å². The Morgan fingerprint density at radius 1 is 1.26 bits per heavy atom. The van der Waals surface area contributed by atoms with E-state index >= 15 is 0 Å². The number of benzene rings is 1. The fraction of sp³-hybridized carbons (Fsp3) is 0.500. The first-order valence-corrected chi connectivity index (χ1v) is 9.19. The average molecular weight is 398 g/mol. The maximum atomic E-state index is 12.2. The van der Waals surface area contributed by atoms with Crippen molar-refractivity contribution in [3.63, 3.8) is 0 Å². The van der Waals surface area contributed by atoms with Crippen LogP contribution in [0.25, 0.3) is 0 Å². The molecule has 0 radical (unpaired) electrons. The van der Waals surface area contributed by atoms with Crippen molar-refractivity contribution in [1.29, 1.82) is 0 Å². The first kappa shape index (κ1) is 22.8. The van der Waals surface area contributed by atoms with Crippen molar-refractivity contribution in [3.05, 3.63) is 41.2 Å².